The van der Waals surface area contributed by atoms with Crippen molar-refractivity contribution >= 4 is 35.2 Å². The van der Waals surface area contributed by atoms with Crippen LogP contribution in [0.25, 0.3) is 44.5 Å². The summed E-state index contributed by atoms with van der Waals surface area (Å²) in [4.78, 5) is 8.62. The molecule has 0 atom stereocenters. The first-order valence-electron chi connectivity index (χ1n) is 13.3. The summed E-state index contributed by atoms with van der Waals surface area (Å²) in [5.41, 5.74) is 5.09. The molecule has 0 saturated carbocycles. The fourth-order valence-corrected chi connectivity index (χ4v) is 5.70. The molecule has 0 aliphatic heterocycles. The van der Waals surface area contributed by atoms with Crippen LogP contribution >= 0.6 is 0 Å². The third-order valence-electron chi connectivity index (χ3n) is 5.93. The van der Waals surface area contributed by atoms with Gasteiger partial charge in [0, 0.05) is 50.1 Å². The summed E-state index contributed by atoms with van der Waals surface area (Å²) in [5, 5.41) is 3.45. The Labute approximate surface area is 237 Å². The third kappa shape index (κ3) is 5.80. The Morgan fingerprint density at radius 3 is 2.35 bits per heavy atom. The van der Waals surface area contributed by atoms with E-state index in [9.17, 15) is 0 Å². The topological polar surface area (TPSA) is 38.9 Å². The number of fused-ring (bicyclic) bond motifs is 3. The van der Waals surface area contributed by atoms with Gasteiger partial charge in [-0.2, -0.15) is 0 Å². The van der Waals surface area contributed by atoms with Crippen molar-refractivity contribution in [1.82, 2.24) is 9.97 Å². The van der Waals surface area contributed by atoms with Gasteiger partial charge in [-0.1, -0.05) is 72.6 Å². The van der Waals surface area contributed by atoms with E-state index in [0.717, 1.165) is 33.2 Å². The van der Waals surface area contributed by atoms with Gasteiger partial charge in [0.25, 0.3) is 0 Å². The molecular formula is C32H28IrN2OSi-2. The standard InChI is InChI=1S/C21H20NOSi.C11H8N.Ir/c1-14-11-12-22-17(13-14)15-9-10-19(24(2,3)4)20-16-7-5-6-8-18(16)23-21(15)20;1-2-6-10(7-3-1)11-8-4-5-9-12-11;/h5-8,10-13H,1-4H3;1-6,8-9H;/q2*-1;/i1D3;;. The first-order valence-corrected chi connectivity index (χ1v) is 15.3. The SMILES string of the molecule is [2H]C([2H])([2H])c1ccnc(-c2[c-]cc([Si](C)(C)C)c3c2oc2ccccc23)c1.[Ir].[c-]1ccccc1-c1ccccn1. The Bertz CT molecular complexity index is 1690. The fourth-order valence-electron chi connectivity index (χ4n) is 4.19. The van der Waals surface area contributed by atoms with Gasteiger partial charge < -0.3 is 14.4 Å². The average Bonchev–Trinajstić information content (AvgIpc) is 3.33. The first kappa shape index (κ1) is 22.8. The van der Waals surface area contributed by atoms with Crippen molar-refractivity contribution in [2.75, 3.05) is 0 Å². The second kappa shape index (κ2) is 11.3. The maximum absolute atomic E-state index is 7.68. The zero-order valence-corrected chi connectivity index (χ0v) is 24.3. The maximum atomic E-state index is 7.68. The monoisotopic (exact) mass is 680 g/mol. The average molecular weight is 680 g/mol. The number of aryl methyl sites for hydroxylation is 1. The van der Waals surface area contributed by atoms with Crippen LogP contribution in [0.1, 0.15) is 9.68 Å². The molecule has 0 fully saturated rings. The molecule has 6 rings (SSSR count). The number of para-hydroxylation sites is 1. The Hall–Kier alpha value is -3.37. The summed E-state index contributed by atoms with van der Waals surface area (Å²) in [7, 11) is -1.65. The molecule has 3 nitrogen and oxygen atoms in total. The van der Waals surface area contributed by atoms with Gasteiger partial charge in [0.1, 0.15) is 5.58 Å². The number of benzene rings is 3. The van der Waals surface area contributed by atoms with Gasteiger partial charge in [0.2, 0.25) is 0 Å². The van der Waals surface area contributed by atoms with Crippen LogP contribution in [0.3, 0.4) is 0 Å². The van der Waals surface area contributed by atoms with Crippen molar-refractivity contribution in [3.8, 4) is 22.5 Å². The smallest absolute Gasteiger partial charge is 0.120 e. The van der Waals surface area contributed by atoms with E-state index in [1.807, 2.05) is 66.7 Å². The molecule has 0 bridgehead atoms. The van der Waals surface area contributed by atoms with Crippen LogP contribution in [0.15, 0.2) is 102 Å². The number of hydrogen-bond acceptors (Lipinski definition) is 3. The normalized spacial score (nSPS) is 12.6. The first-order chi connectivity index (χ1) is 18.6. The molecule has 0 aliphatic carbocycles. The van der Waals surface area contributed by atoms with E-state index in [1.165, 1.54) is 17.4 Å². The summed E-state index contributed by atoms with van der Waals surface area (Å²) in [6.45, 7) is 4.71. The van der Waals surface area contributed by atoms with Crippen molar-refractivity contribution in [2.24, 2.45) is 0 Å². The molecule has 37 heavy (non-hydrogen) atoms. The van der Waals surface area contributed by atoms with E-state index < -0.39 is 14.9 Å². The van der Waals surface area contributed by atoms with Gasteiger partial charge in [-0.05, 0) is 36.4 Å². The van der Waals surface area contributed by atoms with E-state index in [0.29, 0.717) is 11.3 Å². The van der Waals surface area contributed by atoms with Crippen LogP contribution in [0, 0.1) is 19.0 Å². The van der Waals surface area contributed by atoms with Crippen LogP contribution in [-0.4, -0.2) is 18.0 Å². The van der Waals surface area contributed by atoms with E-state index in [-0.39, 0.29) is 25.7 Å². The van der Waals surface area contributed by atoms with Crippen LogP contribution in [-0.2, 0) is 20.1 Å². The molecule has 0 N–H and O–H groups in total. The van der Waals surface area contributed by atoms with Gasteiger partial charge in [-0.25, -0.2) is 0 Å². The fraction of sp³-hybridized carbons (Fsp3) is 0.125. The Kier molecular flexibility index (Phi) is 6.99. The largest absolute Gasteiger partial charge is 0.501 e. The molecule has 0 aliphatic rings. The molecule has 0 amide bonds. The zero-order chi connectivity index (χ0) is 27.6. The molecule has 5 heteroatoms. The Morgan fingerprint density at radius 2 is 1.62 bits per heavy atom. The molecule has 0 unspecified atom stereocenters. The number of pyridine rings is 2. The van der Waals surface area contributed by atoms with Gasteiger partial charge in [-0.15, -0.1) is 53.2 Å². The Morgan fingerprint density at radius 1 is 0.838 bits per heavy atom. The van der Waals surface area contributed by atoms with Gasteiger partial charge >= 0.3 is 0 Å². The van der Waals surface area contributed by atoms with Crippen LogP contribution in [0.2, 0.25) is 19.6 Å². The summed E-state index contributed by atoms with van der Waals surface area (Å²) in [6.07, 6.45) is 3.32. The number of nitrogens with zero attached hydrogens (tertiary/aromatic N) is 2. The molecule has 187 valence electrons. The van der Waals surface area contributed by atoms with Crippen molar-refractivity contribution < 1.29 is 28.6 Å². The number of furan rings is 1. The number of rotatable bonds is 3. The van der Waals surface area contributed by atoms with Crippen LogP contribution in [0.5, 0.6) is 0 Å². The summed E-state index contributed by atoms with van der Waals surface area (Å²) in [5.74, 6) is 0. The zero-order valence-electron chi connectivity index (χ0n) is 23.9. The van der Waals surface area contributed by atoms with Gasteiger partial charge in [0.05, 0.1) is 5.58 Å². The minimum atomic E-state index is -2.18. The van der Waals surface area contributed by atoms with Crippen LogP contribution < -0.4 is 5.19 Å². The predicted octanol–water partition coefficient (Wildman–Crippen LogP) is 7.85. The third-order valence-corrected chi connectivity index (χ3v) is 7.94. The molecular weight excluding hydrogens is 649 g/mol. The second-order valence-corrected chi connectivity index (χ2v) is 14.6. The van der Waals surface area contributed by atoms with E-state index in [4.69, 9.17) is 8.53 Å². The Balaban J connectivity index is 0.000000238. The maximum Gasteiger partial charge on any atom is 0.120 e. The summed E-state index contributed by atoms with van der Waals surface area (Å²) in [6, 6.07) is 33.3. The van der Waals surface area contributed by atoms with E-state index >= 15 is 0 Å². The molecule has 3 heterocycles. The quantitative estimate of drug-likeness (QED) is 0.141. The minimum absolute atomic E-state index is 0. The number of hydrogen-bond donors (Lipinski definition) is 0. The molecule has 0 saturated heterocycles. The summed E-state index contributed by atoms with van der Waals surface area (Å²) < 4.78 is 29.2. The molecule has 1 radical (unpaired) electrons. The van der Waals surface area contributed by atoms with E-state index in [1.54, 1.807) is 12.3 Å². The van der Waals surface area contributed by atoms with Crippen molar-refractivity contribution in [3.05, 3.63) is 115 Å². The van der Waals surface area contributed by atoms with Crippen molar-refractivity contribution in [3.63, 3.8) is 0 Å². The summed E-state index contributed by atoms with van der Waals surface area (Å²) >= 11 is 0. The molecule has 0 spiro atoms. The number of aromatic nitrogens is 2. The van der Waals surface area contributed by atoms with Crippen molar-refractivity contribution in [1.29, 1.82) is 0 Å². The van der Waals surface area contributed by atoms with E-state index in [2.05, 4.69) is 47.8 Å². The second-order valence-electron chi connectivity index (χ2n) is 9.55. The molecule has 3 aromatic carbocycles. The van der Waals surface area contributed by atoms with Crippen molar-refractivity contribution in [2.45, 2.75) is 26.5 Å². The van der Waals surface area contributed by atoms with Crippen LogP contribution in [0.4, 0.5) is 0 Å². The predicted molar refractivity (Wildman–Crippen MR) is 152 cm³/mol. The molecule has 3 aromatic heterocycles. The molecule has 6 aromatic rings. The van der Waals surface area contributed by atoms with Gasteiger partial charge in [0.15, 0.2) is 0 Å². The van der Waals surface area contributed by atoms with Gasteiger partial charge in [-0.3, -0.25) is 0 Å². The minimum Gasteiger partial charge on any atom is -0.501 e.